The number of halogens is 1. The van der Waals surface area contributed by atoms with Gasteiger partial charge in [-0.3, -0.25) is 9.67 Å². The number of likely N-dealkylation sites (N-methyl/N-ethyl adjacent to an activating group) is 1. The zero-order chi connectivity index (χ0) is 16.8. The van der Waals surface area contributed by atoms with Crippen LogP contribution in [-0.2, 0) is 0 Å². The van der Waals surface area contributed by atoms with Crippen molar-refractivity contribution in [1.29, 1.82) is 0 Å². The normalized spacial score (nSPS) is 16.0. The summed E-state index contributed by atoms with van der Waals surface area (Å²) in [5.74, 6) is 0.376. The highest BCUT2D eigenvalue weighted by molar-refractivity contribution is 6.30. The second-order valence-corrected chi connectivity index (χ2v) is 7.24. The van der Waals surface area contributed by atoms with Gasteiger partial charge in [-0.1, -0.05) is 25.4 Å². The second kappa shape index (κ2) is 5.83. The van der Waals surface area contributed by atoms with E-state index in [0.717, 1.165) is 35.1 Å². The number of rotatable bonds is 3. The van der Waals surface area contributed by atoms with E-state index in [1.54, 1.807) is 0 Å². The van der Waals surface area contributed by atoms with E-state index >= 15 is 0 Å². The largest absolute Gasteiger partial charge is 0.302 e. The second-order valence-electron chi connectivity index (χ2n) is 6.85. The van der Waals surface area contributed by atoms with E-state index in [2.05, 4.69) is 42.1 Å². The predicted molar refractivity (Wildman–Crippen MR) is 96.4 cm³/mol. The standard InChI is InChI=1S/C18H20ClN5/c1-11(2)15-6-21-18(16-7-20-17(19)4-14(15)16)12-5-22-24(8-12)13-9-23(3)10-13/h4-8,11,13H,9-10H2,1-3H3. The molecule has 0 unspecified atom stereocenters. The summed E-state index contributed by atoms with van der Waals surface area (Å²) in [7, 11) is 2.12. The van der Waals surface area contributed by atoms with Crippen molar-refractivity contribution in [2.24, 2.45) is 0 Å². The lowest BCUT2D eigenvalue weighted by Crippen LogP contribution is -2.45. The maximum absolute atomic E-state index is 6.13. The number of hydrogen-bond acceptors (Lipinski definition) is 4. The minimum absolute atomic E-state index is 0.376. The van der Waals surface area contributed by atoms with Crippen LogP contribution in [0, 0.1) is 0 Å². The molecule has 0 aromatic carbocycles. The summed E-state index contributed by atoms with van der Waals surface area (Å²) < 4.78 is 2.04. The van der Waals surface area contributed by atoms with E-state index in [-0.39, 0.29) is 0 Å². The van der Waals surface area contributed by atoms with Crippen LogP contribution < -0.4 is 0 Å². The van der Waals surface area contributed by atoms with Gasteiger partial charge in [-0.15, -0.1) is 0 Å². The van der Waals surface area contributed by atoms with E-state index in [1.165, 1.54) is 5.56 Å². The average molecular weight is 342 g/mol. The molecule has 0 spiro atoms. The molecule has 124 valence electrons. The Labute approximate surface area is 146 Å². The van der Waals surface area contributed by atoms with Crippen LogP contribution in [0.25, 0.3) is 22.0 Å². The van der Waals surface area contributed by atoms with E-state index in [0.29, 0.717) is 17.1 Å². The summed E-state index contributed by atoms with van der Waals surface area (Å²) in [6.45, 7) is 6.41. The monoisotopic (exact) mass is 341 g/mol. The molecule has 0 radical (unpaired) electrons. The van der Waals surface area contributed by atoms with Crippen molar-refractivity contribution in [2.45, 2.75) is 25.8 Å². The minimum Gasteiger partial charge on any atom is -0.302 e. The molecule has 6 heteroatoms. The zero-order valence-electron chi connectivity index (χ0n) is 14.1. The fourth-order valence-electron chi connectivity index (χ4n) is 3.31. The van der Waals surface area contributed by atoms with E-state index < -0.39 is 0 Å². The highest BCUT2D eigenvalue weighted by Gasteiger charge is 2.25. The van der Waals surface area contributed by atoms with Crippen molar-refractivity contribution in [3.63, 3.8) is 0 Å². The molecule has 0 amide bonds. The van der Waals surface area contributed by atoms with Crippen molar-refractivity contribution in [1.82, 2.24) is 24.6 Å². The Bertz CT molecular complexity index is 896. The first-order valence-electron chi connectivity index (χ1n) is 8.20. The summed E-state index contributed by atoms with van der Waals surface area (Å²) in [6.07, 6.45) is 7.75. The smallest absolute Gasteiger partial charge is 0.129 e. The van der Waals surface area contributed by atoms with Gasteiger partial charge < -0.3 is 4.90 Å². The predicted octanol–water partition coefficient (Wildman–Crippen LogP) is 3.76. The molecule has 1 aliphatic heterocycles. The van der Waals surface area contributed by atoms with Gasteiger partial charge in [0, 0.05) is 42.6 Å². The van der Waals surface area contributed by atoms with Gasteiger partial charge in [-0.25, -0.2) is 4.98 Å². The van der Waals surface area contributed by atoms with Crippen LogP contribution in [0.1, 0.15) is 31.4 Å². The Morgan fingerprint density at radius 3 is 2.62 bits per heavy atom. The third-order valence-electron chi connectivity index (χ3n) is 4.69. The van der Waals surface area contributed by atoms with Gasteiger partial charge in [0.25, 0.3) is 0 Å². The average Bonchev–Trinajstić information content (AvgIpc) is 2.99. The Morgan fingerprint density at radius 1 is 1.12 bits per heavy atom. The first-order chi connectivity index (χ1) is 11.5. The van der Waals surface area contributed by atoms with Crippen LogP contribution in [0.3, 0.4) is 0 Å². The fourth-order valence-corrected chi connectivity index (χ4v) is 3.47. The van der Waals surface area contributed by atoms with Gasteiger partial charge >= 0.3 is 0 Å². The Balaban J connectivity index is 1.81. The van der Waals surface area contributed by atoms with Crippen LogP contribution >= 0.6 is 11.6 Å². The maximum Gasteiger partial charge on any atom is 0.129 e. The zero-order valence-corrected chi connectivity index (χ0v) is 14.8. The quantitative estimate of drug-likeness (QED) is 0.680. The number of pyridine rings is 2. The van der Waals surface area contributed by atoms with Gasteiger partial charge in [0.05, 0.1) is 17.9 Å². The minimum atomic E-state index is 0.376. The third-order valence-corrected chi connectivity index (χ3v) is 4.89. The molecule has 3 aromatic heterocycles. The third kappa shape index (κ3) is 2.58. The van der Waals surface area contributed by atoms with Gasteiger partial charge in [0.2, 0.25) is 0 Å². The number of nitrogens with zero attached hydrogens (tertiary/aromatic N) is 5. The lowest BCUT2D eigenvalue weighted by molar-refractivity contribution is 0.130. The molecular formula is C18H20ClN5. The fraction of sp³-hybridized carbons (Fsp3) is 0.389. The molecule has 0 N–H and O–H groups in total. The topological polar surface area (TPSA) is 46.8 Å². The van der Waals surface area contributed by atoms with Crippen LogP contribution in [0.2, 0.25) is 5.15 Å². The molecule has 0 bridgehead atoms. The van der Waals surface area contributed by atoms with Crippen molar-refractivity contribution in [3.05, 3.63) is 41.6 Å². The molecule has 5 nitrogen and oxygen atoms in total. The van der Waals surface area contributed by atoms with Crippen molar-refractivity contribution in [2.75, 3.05) is 20.1 Å². The Morgan fingerprint density at radius 2 is 1.92 bits per heavy atom. The first kappa shape index (κ1) is 15.5. The summed E-state index contributed by atoms with van der Waals surface area (Å²) in [5.41, 5.74) is 3.12. The van der Waals surface area contributed by atoms with Crippen LogP contribution in [-0.4, -0.2) is 44.8 Å². The lowest BCUT2D eigenvalue weighted by Gasteiger charge is -2.36. The molecule has 0 saturated carbocycles. The van der Waals surface area contributed by atoms with Gasteiger partial charge in [-0.05, 0) is 30.0 Å². The molecule has 0 aliphatic carbocycles. The molecular weight excluding hydrogens is 322 g/mol. The molecule has 4 rings (SSSR count). The number of fused-ring (bicyclic) bond motifs is 1. The molecule has 4 heterocycles. The molecule has 3 aromatic rings. The summed E-state index contributed by atoms with van der Waals surface area (Å²) in [4.78, 5) is 11.3. The van der Waals surface area contributed by atoms with Crippen LogP contribution in [0.5, 0.6) is 0 Å². The SMILES string of the molecule is CC(C)c1cnc(-c2cnn(C3CN(C)C3)c2)c2cnc(Cl)cc12. The lowest BCUT2D eigenvalue weighted by atomic mass is 9.97. The highest BCUT2D eigenvalue weighted by Crippen LogP contribution is 2.33. The van der Waals surface area contributed by atoms with E-state index in [4.69, 9.17) is 16.6 Å². The number of hydrogen-bond donors (Lipinski definition) is 0. The van der Waals surface area contributed by atoms with Gasteiger partial charge in [0.1, 0.15) is 5.15 Å². The molecule has 1 fully saturated rings. The van der Waals surface area contributed by atoms with E-state index in [9.17, 15) is 0 Å². The van der Waals surface area contributed by atoms with E-state index in [1.807, 2.05) is 29.3 Å². The molecule has 1 aliphatic rings. The Kier molecular flexibility index (Phi) is 3.77. The summed E-state index contributed by atoms with van der Waals surface area (Å²) in [5, 5.41) is 7.18. The molecule has 1 saturated heterocycles. The van der Waals surface area contributed by atoms with Crippen molar-refractivity contribution < 1.29 is 0 Å². The van der Waals surface area contributed by atoms with Crippen molar-refractivity contribution >= 4 is 22.4 Å². The highest BCUT2D eigenvalue weighted by atomic mass is 35.5. The summed E-state index contributed by atoms with van der Waals surface area (Å²) >= 11 is 6.13. The number of likely N-dealkylation sites (tertiary alicyclic amines) is 1. The number of aromatic nitrogens is 4. The van der Waals surface area contributed by atoms with Crippen LogP contribution in [0.4, 0.5) is 0 Å². The van der Waals surface area contributed by atoms with Crippen LogP contribution in [0.15, 0.2) is 30.9 Å². The van der Waals surface area contributed by atoms with Crippen molar-refractivity contribution in [3.8, 4) is 11.3 Å². The van der Waals surface area contributed by atoms with Gasteiger partial charge in [-0.2, -0.15) is 5.10 Å². The molecule has 24 heavy (non-hydrogen) atoms. The van der Waals surface area contributed by atoms with Gasteiger partial charge in [0.15, 0.2) is 0 Å². The first-order valence-corrected chi connectivity index (χ1v) is 8.58. The Hall–Kier alpha value is -1.98. The maximum atomic E-state index is 6.13. The summed E-state index contributed by atoms with van der Waals surface area (Å²) in [6, 6.07) is 2.39. The molecule has 0 atom stereocenters.